The second kappa shape index (κ2) is 6.93. The van der Waals surface area contributed by atoms with Crippen LogP contribution in [0.4, 0.5) is 0 Å². The number of piperazine rings is 1. The van der Waals surface area contributed by atoms with Gasteiger partial charge in [0.25, 0.3) is 0 Å². The van der Waals surface area contributed by atoms with E-state index in [1.807, 2.05) is 0 Å². The molecule has 0 aromatic heterocycles. The van der Waals surface area contributed by atoms with Gasteiger partial charge in [0.2, 0.25) is 0 Å². The van der Waals surface area contributed by atoms with E-state index in [0.717, 1.165) is 18.0 Å². The molecular weight excluding hydrogens is 256 g/mol. The highest BCUT2D eigenvalue weighted by Gasteiger charge is 2.35. The maximum Gasteiger partial charge on any atom is 0.0247 e. The third-order valence-corrected chi connectivity index (χ3v) is 5.38. The average Bonchev–Trinajstić information content (AvgIpc) is 2.53. The van der Waals surface area contributed by atoms with Crippen molar-refractivity contribution in [2.45, 2.75) is 51.6 Å². The molecule has 2 heterocycles. The van der Waals surface area contributed by atoms with Gasteiger partial charge < -0.3 is 0 Å². The molecule has 2 atom stereocenters. The number of hydrogen-bond donors (Lipinski definition) is 0. The Labute approximate surface area is 130 Å². The van der Waals surface area contributed by atoms with Crippen molar-refractivity contribution in [3.05, 3.63) is 35.9 Å². The van der Waals surface area contributed by atoms with Gasteiger partial charge in [-0.3, -0.25) is 9.80 Å². The Morgan fingerprint density at radius 2 is 1.90 bits per heavy atom. The lowest BCUT2D eigenvalue weighted by Crippen LogP contribution is -2.61. The van der Waals surface area contributed by atoms with Crippen LogP contribution in [0.2, 0.25) is 0 Å². The van der Waals surface area contributed by atoms with E-state index in [0.29, 0.717) is 0 Å². The summed E-state index contributed by atoms with van der Waals surface area (Å²) in [6.07, 6.45) is 5.44. The first-order chi connectivity index (χ1) is 10.2. The Balaban J connectivity index is 1.63. The Bertz CT molecular complexity index is 428. The molecule has 0 aliphatic carbocycles. The third kappa shape index (κ3) is 3.67. The second-order valence-corrected chi connectivity index (χ2v) is 7.19. The van der Waals surface area contributed by atoms with E-state index in [1.165, 1.54) is 57.4 Å². The normalized spacial score (nSPS) is 27.8. The summed E-state index contributed by atoms with van der Waals surface area (Å²) in [6, 6.07) is 12.5. The van der Waals surface area contributed by atoms with E-state index in [2.05, 4.69) is 54.0 Å². The summed E-state index contributed by atoms with van der Waals surface area (Å²) in [6.45, 7) is 9.92. The van der Waals surface area contributed by atoms with Crippen LogP contribution >= 0.6 is 0 Å². The molecule has 2 nitrogen and oxygen atoms in total. The van der Waals surface area contributed by atoms with Gasteiger partial charge in [0, 0.05) is 31.7 Å². The summed E-state index contributed by atoms with van der Waals surface area (Å²) < 4.78 is 0. The fraction of sp³-hybridized carbons (Fsp3) is 0.684. The van der Waals surface area contributed by atoms with Gasteiger partial charge in [0.15, 0.2) is 0 Å². The topological polar surface area (TPSA) is 6.48 Å². The van der Waals surface area contributed by atoms with Crippen LogP contribution in [0.25, 0.3) is 0 Å². The van der Waals surface area contributed by atoms with Crippen molar-refractivity contribution in [2.24, 2.45) is 5.92 Å². The van der Waals surface area contributed by atoms with Gasteiger partial charge in [0.1, 0.15) is 0 Å². The molecule has 0 bridgehead atoms. The highest BCUT2D eigenvalue weighted by molar-refractivity contribution is 5.15. The molecule has 3 rings (SSSR count). The quantitative estimate of drug-likeness (QED) is 0.837. The summed E-state index contributed by atoms with van der Waals surface area (Å²) in [5, 5.41) is 0. The molecule has 0 radical (unpaired) electrons. The van der Waals surface area contributed by atoms with Gasteiger partial charge in [-0.15, -0.1) is 0 Å². The summed E-state index contributed by atoms with van der Waals surface area (Å²) in [7, 11) is 0. The minimum Gasteiger partial charge on any atom is -0.298 e. The number of fused-ring (bicyclic) bond motifs is 1. The maximum atomic E-state index is 2.78. The Hall–Kier alpha value is -0.860. The number of hydrogen-bond acceptors (Lipinski definition) is 2. The fourth-order valence-electron chi connectivity index (χ4n) is 4.08. The Kier molecular flexibility index (Phi) is 4.97. The molecule has 2 fully saturated rings. The summed E-state index contributed by atoms with van der Waals surface area (Å²) >= 11 is 0. The SMILES string of the molecule is CC(C)C1CN2CCCCC2CN1CCc1ccccc1. The number of piperidine rings is 1. The first kappa shape index (κ1) is 15.1. The van der Waals surface area contributed by atoms with Crippen LogP contribution in [-0.4, -0.2) is 48.1 Å². The lowest BCUT2D eigenvalue weighted by atomic mass is 9.92. The van der Waals surface area contributed by atoms with Gasteiger partial charge in [0.05, 0.1) is 0 Å². The van der Waals surface area contributed by atoms with E-state index in [-0.39, 0.29) is 0 Å². The summed E-state index contributed by atoms with van der Waals surface area (Å²) in [5.74, 6) is 0.753. The van der Waals surface area contributed by atoms with Crippen LogP contribution in [0.3, 0.4) is 0 Å². The van der Waals surface area contributed by atoms with Crippen molar-refractivity contribution >= 4 is 0 Å². The first-order valence-corrected chi connectivity index (χ1v) is 8.76. The van der Waals surface area contributed by atoms with Crippen LogP contribution in [0.15, 0.2) is 30.3 Å². The average molecular weight is 286 g/mol. The van der Waals surface area contributed by atoms with Crippen LogP contribution in [0.1, 0.15) is 38.7 Å². The van der Waals surface area contributed by atoms with Crippen LogP contribution < -0.4 is 0 Å². The summed E-state index contributed by atoms with van der Waals surface area (Å²) in [4.78, 5) is 5.55. The smallest absolute Gasteiger partial charge is 0.0247 e. The van der Waals surface area contributed by atoms with Gasteiger partial charge in [-0.25, -0.2) is 0 Å². The molecule has 0 saturated carbocycles. The van der Waals surface area contributed by atoms with Crippen molar-refractivity contribution in [3.8, 4) is 0 Å². The molecule has 0 N–H and O–H groups in total. The predicted molar refractivity (Wildman–Crippen MR) is 89.6 cm³/mol. The van der Waals surface area contributed by atoms with Gasteiger partial charge in [-0.1, -0.05) is 50.6 Å². The van der Waals surface area contributed by atoms with E-state index < -0.39 is 0 Å². The third-order valence-electron chi connectivity index (χ3n) is 5.38. The van der Waals surface area contributed by atoms with E-state index in [4.69, 9.17) is 0 Å². The van der Waals surface area contributed by atoms with Crippen LogP contribution in [0, 0.1) is 5.92 Å². The van der Waals surface area contributed by atoms with Crippen molar-refractivity contribution in [2.75, 3.05) is 26.2 Å². The molecular formula is C19H30N2. The number of nitrogens with zero attached hydrogens (tertiary/aromatic N) is 2. The van der Waals surface area contributed by atoms with Gasteiger partial charge >= 0.3 is 0 Å². The molecule has 2 saturated heterocycles. The lowest BCUT2D eigenvalue weighted by Gasteiger charge is -2.50. The molecule has 1 aromatic carbocycles. The van der Waals surface area contributed by atoms with E-state index in [1.54, 1.807) is 0 Å². The molecule has 116 valence electrons. The molecule has 2 aliphatic rings. The van der Waals surface area contributed by atoms with Gasteiger partial charge in [-0.05, 0) is 37.3 Å². The highest BCUT2D eigenvalue weighted by atomic mass is 15.3. The molecule has 0 spiro atoms. The number of benzene rings is 1. The zero-order valence-electron chi connectivity index (χ0n) is 13.7. The lowest BCUT2D eigenvalue weighted by molar-refractivity contribution is -0.00674. The van der Waals surface area contributed by atoms with E-state index >= 15 is 0 Å². The standard InChI is InChI=1S/C19H30N2/c1-16(2)19-15-20-12-7-6-10-18(20)14-21(19)13-11-17-8-4-3-5-9-17/h3-5,8-9,16,18-19H,6-7,10-15H2,1-2H3. The monoisotopic (exact) mass is 286 g/mol. The Morgan fingerprint density at radius 3 is 2.67 bits per heavy atom. The zero-order chi connectivity index (χ0) is 14.7. The Morgan fingerprint density at radius 1 is 1.10 bits per heavy atom. The minimum absolute atomic E-state index is 0.739. The zero-order valence-corrected chi connectivity index (χ0v) is 13.7. The fourth-order valence-corrected chi connectivity index (χ4v) is 4.08. The second-order valence-electron chi connectivity index (χ2n) is 7.19. The van der Waals surface area contributed by atoms with Gasteiger partial charge in [-0.2, -0.15) is 0 Å². The van der Waals surface area contributed by atoms with Crippen molar-refractivity contribution in [3.63, 3.8) is 0 Å². The molecule has 2 unspecified atom stereocenters. The highest BCUT2D eigenvalue weighted by Crippen LogP contribution is 2.27. The van der Waals surface area contributed by atoms with E-state index in [9.17, 15) is 0 Å². The molecule has 2 heteroatoms. The molecule has 0 amide bonds. The minimum atomic E-state index is 0.739. The molecule has 1 aromatic rings. The van der Waals surface area contributed by atoms with Crippen LogP contribution in [-0.2, 0) is 6.42 Å². The largest absolute Gasteiger partial charge is 0.298 e. The first-order valence-electron chi connectivity index (χ1n) is 8.76. The van der Waals surface area contributed by atoms with Crippen molar-refractivity contribution in [1.82, 2.24) is 9.80 Å². The molecule has 2 aliphatic heterocycles. The van der Waals surface area contributed by atoms with Crippen molar-refractivity contribution < 1.29 is 0 Å². The number of rotatable bonds is 4. The van der Waals surface area contributed by atoms with Crippen LogP contribution in [0.5, 0.6) is 0 Å². The molecule has 21 heavy (non-hydrogen) atoms. The van der Waals surface area contributed by atoms with Crippen molar-refractivity contribution in [1.29, 1.82) is 0 Å². The maximum absolute atomic E-state index is 2.78. The summed E-state index contributed by atoms with van der Waals surface area (Å²) in [5.41, 5.74) is 1.48. The predicted octanol–water partition coefficient (Wildman–Crippen LogP) is 3.42.